The molecule has 0 aromatic heterocycles. The molecule has 2 heterocycles. The van der Waals surface area contributed by atoms with E-state index in [1.54, 1.807) is 0 Å². The summed E-state index contributed by atoms with van der Waals surface area (Å²) in [7, 11) is 0. The molecule has 0 spiro atoms. The number of benzene rings is 1. The van der Waals surface area contributed by atoms with Crippen LogP contribution in [0, 0.1) is 0 Å². The summed E-state index contributed by atoms with van der Waals surface area (Å²) in [6.45, 7) is 1.98. The minimum atomic E-state index is -0.161. The lowest BCUT2D eigenvalue weighted by atomic mass is 10.0. The smallest absolute Gasteiger partial charge is 0.234 e. The first-order valence-corrected chi connectivity index (χ1v) is 7.49. The number of thioether (sulfide) groups is 1. The van der Waals surface area contributed by atoms with E-state index in [9.17, 15) is 4.79 Å². The highest BCUT2D eigenvalue weighted by atomic mass is 32.2. The largest absolute Gasteiger partial charge is 0.368 e. The second kappa shape index (κ2) is 4.94. The van der Waals surface area contributed by atoms with Crippen LogP contribution in [-0.4, -0.2) is 35.7 Å². The number of carbonyl (C=O) groups is 1. The van der Waals surface area contributed by atoms with Gasteiger partial charge in [-0.2, -0.15) is 0 Å². The zero-order valence-electron chi connectivity index (χ0n) is 10.3. The minimum absolute atomic E-state index is 0.0391. The van der Waals surface area contributed by atoms with Gasteiger partial charge >= 0.3 is 0 Å². The molecule has 18 heavy (non-hydrogen) atoms. The van der Waals surface area contributed by atoms with Crippen molar-refractivity contribution in [3.05, 3.63) is 29.8 Å². The molecule has 96 valence electrons. The lowest BCUT2D eigenvalue weighted by molar-refractivity contribution is -0.122. The van der Waals surface area contributed by atoms with Crippen LogP contribution in [0.1, 0.15) is 24.3 Å². The molecule has 0 bridgehead atoms. The fraction of sp³-hybridized carbons (Fsp3) is 0.500. The van der Waals surface area contributed by atoms with Gasteiger partial charge in [0.15, 0.2) is 0 Å². The van der Waals surface area contributed by atoms with Crippen LogP contribution in [0.5, 0.6) is 0 Å². The number of nitrogens with two attached hydrogens (primary N) is 1. The number of carbonyl (C=O) groups excluding carboxylic acids is 1. The van der Waals surface area contributed by atoms with Crippen molar-refractivity contribution in [1.82, 2.24) is 4.90 Å². The highest BCUT2D eigenvalue weighted by molar-refractivity contribution is 7.99. The second-order valence-electron chi connectivity index (χ2n) is 5.10. The molecule has 2 unspecified atom stereocenters. The number of primary amides is 1. The molecular formula is C14H18N2OS. The van der Waals surface area contributed by atoms with Gasteiger partial charge in [0.1, 0.15) is 0 Å². The maximum Gasteiger partial charge on any atom is 0.234 e. The number of likely N-dealkylation sites (tertiary alicyclic amines) is 1. The van der Waals surface area contributed by atoms with E-state index in [1.165, 1.54) is 10.5 Å². The maximum atomic E-state index is 11.4. The van der Waals surface area contributed by atoms with Crippen LogP contribution in [0.2, 0.25) is 0 Å². The van der Waals surface area contributed by atoms with E-state index in [2.05, 4.69) is 29.2 Å². The standard InChI is InChI=1S/C14H18N2OS/c15-14(17)12-5-3-7-16(12)8-10-9-18-13-6-2-1-4-11(10)13/h1-2,4,6,10,12H,3,5,7-9H2,(H2,15,17). The predicted molar refractivity (Wildman–Crippen MR) is 73.7 cm³/mol. The molecule has 2 atom stereocenters. The van der Waals surface area contributed by atoms with Crippen molar-refractivity contribution in [3.63, 3.8) is 0 Å². The molecule has 0 aliphatic carbocycles. The summed E-state index contributed by atoms with van der Waals surface area (Å²) in [5.41, 5.74) is 6.91. The Labute approximate surface area is 112 Å². The van der Waals surface area contributed by atoms with Crippen LogP contribution in [0.4, 0.5) is 0 Å². The van der Waals surface area contributed by atoms with Crippen LogP contribution in [0.25, 0.3) is 0 Å². The van der Waals surface area contributed by atoms with Crippen LogP contribution < -0.4 is 5.73 Å². The van der Waals surface area contributed by atoms with Gasteiger partial charge in [-0.05, 0) is 31.0 Å². The van der Waals surface area contributed by atoms with Gasteiger partial charge in [0.2, 0.25) is 5.91 Å². The Morgan fingerprint density at radius 1 is 1.44 bits per heavy atom. The summed E-state index contributed by atoms with van der Waals surface area (Å²) in [4.78, 5) is 15.1. The predicted octanol–water partition coefficient (Wildman–Crippen LogP) is 1.83. The molecule has 1 amide bonds. The van der Waals surface area contributed by atoms with Gasteiger partial charge in [-0.15, -0.1) is 11.8 Å². The van der Waals surface area contributed by atoms with Gasteiger partial charge in [-0.3, -0.25) is 9.69 Å². The molecule has 3 nitrogen and oxygen atoms in total. The van der Waals surface area contributed by atoms with E-state index in [4.69, 9.17) is 5.73 Å². The monoisotopic (exact) mass is 262 g/mol. The second-order valence-corrected chi connectivity index (χ2v) is 6.16. The summed E-state index contributed by atoms with van der Waals surface area (Å²) in [6, 6.07) is 8.57. The van der Waals surface area contributed by atoms with Crippen molar-refractivity contribution in [1.29, 1.82) is 0 Å². The maximum absolute atomic E-state index is 11.4. The molecule has 0 radical (unpaired) electrons. The normalized spacial score (nSPS) is 27.3. The lowest BCUT2D eigenvalue weighted by Gasteiger charge is -2.25. The topological polar surface area (TPSA) is 46.3 Å². The molecule has 2 aliphatic heterocycles. The van der Waals surface area contributed by atoms with Gasteiger partial charge in [0.05, 0.1) is 6.04 Å². The first-order valence-electron chi connectivity index (χ1n) is 6.51. The van der Waals surface area contributed by atoms with Crippen molar-refractivity contribution >= 4 is 17.7 Å². The third-order valence-electron chi connectivity index (χ3n) is 3.95. The Bertz CT molecular complexity index is 463. The number of hydrogen-bond acceptors (Lipinski definition) is 3. The quantitative estimate of drug-likeness (QED) is 0.904. The average molecular weight is 262 g/mol. The number of nitrogens with zero attached hydrogens (tertiary/aromatic N) is 1. The van der Waals surface area contributed by atoms with Crippen molar-refractivity contribution in [2.24, 2.45) is 5.73 Å². The molecule has 0 saturated carbocycles. The Hall–Kier alpha value is -1.00. The van der Waals surface area contributed by atoms with Crippen molar-refractivity contribution in [3.8, 4) is 0 Å². The first kappa shape index (κ1) is 12.1. The number of amides is 1. The highest BCUT2D eigenvalue weighted by Crippen LogP contribution is 2.40. The van der Waals surface area contributed by atoms with Crippen LogP contribution >= 0.6 is 11.8 Å². The molecule has 1 fully saturated rings. The van der Waals surface area contributed by atoms with E-state index in [0.717, 1.165) is 31.7 Å². The highest BCUT2D eigenvalue weighted by Gasteiger charge is 2.33. The van der Waals surface area contributed by atoms with Gasteiger partial charge in [-0.1, -0.05) is 18.2 Å². The summed E-state index contributed by atoms with van der Waals surface area (Å²) in [5, 5.41) is 0. The van der Waals surface area contributed by atoms with Gasteiger partial charge < -0.3 is 5.73 Å². The third kappa shape index (κ3) is 2.15. The molecule has 1 aromatic carbocycles. The van der Waals surface area contributed by atoms with E-state index in [1.807, 2.05) is 11.8 Å². The minimum Gasteiger partial charge on any atom is -0.368 e. The van der Waals surface area contributed by atoms with Crippen LogP contribution in [0.3, 0.4) is 0 Å². The van der Waals surface area contributed by atoms with E-state index in [-0.39, 0.29) is 11.9 Å². The number of fused-ring (bicyclic) bond motifs is 1. The third-order valence-corrected chi connectivity index (χ3v) is 5.20. The zero-order chi connectivity index (χ0) is 12.5. The molecule has 4 heteroatoms. The van der Waals surface area contributed by atoms with Crippen LogP contribution in [-0.2, 0) is 4.79 Å². The summed E-state index contributed by atoms with van der Waals surface area (Å²) >= 11 is 1.93. The molecule has 2 N–H and O–H groups in total. The fourth-order valence-electron chi connectivity index (χ4n) is 3.03. The van der Waals surface area contributed by atoms with Crippen LogP contribution in [0.15, 0.2) is 29.2 Å². The molecule has 1 saturated heterocycles. The molecule has 2 aliphatic rings. The molecule has 3 rings (SSSR count). The summed E-state index contributed by atoms with van der Waals surface area (Å²) in [6.07, 6.45) is 2.02. The Kier molecular flexibility index (Phi) is 3.31. The number of rotatable bonds is 3. The lowest BCUT2D eigenvalue weighted by Crippen LogP contribution is -2.42. The van der Waals surface area contributed by atoms with Crippen molar-refractivity contribution in [2.75, 3.05) is 18.8 Å². The summed E-state index contributed by atoms with van der Waals surface area (Å²) in [5.74, 6) is 1.51. The average Bonchev–Trinajstić information content (AvgIpc) is 2.97. The molecular weight excluding hydrogens is 244 g/mol. The summed E-state index contributed by atoms with van der Waals surface area (Å²) < 4.78 is 0. The van der Waals surface area contributed by atoms with E-state index in [0.29, 0.717) is 5.92 Å². The van der Waals surface area contributed by atoms with E-state index < -0.39 is 0 Å². The number of hydrogen-bond donors (Lipinski definition) is 1. The van der Waals surface area contributed by atoms with Crippen molar-refractivity contribution in [2.45, 2.75) is 29.7 Å². The Morgan fingerprint density at radius 2 is 2.28 bits per heavy atom. The van der Waals surface area contributed by atoms with Crippen molar-refractivity contribution < 1.29 is 4.79 Å². The molecule has 1 aromatic rings. The van der Waals surface area contributed by atoms with Gasteiger partial charge in [0, 0.05) is 23.1 Å². The van der Waals surface area contributed by atoms with E-state index >= 15 is 0 Å². The van der Waals surface area contributed by atoms with Gasteiger partial charge in [-0.25, -0.2) is 0 Å². The fourth-order valence-corrected chi connectivity index (χ4v) is 4.27. The first-order chi connectivity index (χ1) is 8.75. The Morgan fingerprint density at radius 3 is 3.11 bits per heavy atom. The SMILES string of the molecule is NC(=O)C1CCCN1CC1CSc2ccccc21. The zero-order valence-corrected chi connectivity index (χ0v) is 11.2. The van der Waals surface area contributed by atoms with Gasteiger partial charge in [0.25, 0.3) is 0 Å². The Balaban J connectivity index is 1.73.